The standard InChI is InChI=1S/C7H10N2OS/c1-2-11-7-8-4-3-6(5-10)9-7/h3-4,10H,2,5H2,1H3. The fourth-order valence-electron chi connectivity index (χ4n) is 0.663. The zero-order valence-corrected chi connectivity index (χ0v) is 7.14. The van der Waals surface area contributed by atoms with Gasteiger partial charge in [-0.25, -0.2) is 9.97 Å². The highest BCUT2D eigenvalue weighted by molar-refractivity contribution is 7.99. The maximum atomic E-state index is 8.73. The summed E-state index contributed by atoms with van der Waals surface area (Å²) in [5.74, 6) is 0.953. The van der Waals surface area contributed by atoms with Crippen LogP contribution in [0.15, 0.2) is 17.4 Å². The molecule has 0 fully saturated rings. The molecule has 0 amide bonds. The van der Waals surface area contributed by atoms with Crippen molar-refractivity contribution >= 4 is 11.8 Å². The van der Waals surface area contributed by atoms with Crippen molar-refractivity contribution < 1.29 is 5.11 Å². The van der Waals surface area contributed by atoms with E-state index < -0.39 is 0 Å². The van der Waals surface area contributed by atoms with Gasteiger partial charge in [-0.2, -0.15) is 0 Å². The average molecular weight is 170 g/mol. The van der Waals surface area contributed by atoms with Gasteiger partial charge in [0.2, 0.25) is 0 Å². The van der Waals surface area contributed by atoms with Crippen LogP contribution in [0.1, 0.15) is 12.6 Å². The first-order valence-electron chi connectivity index (χ1n) is 3.42. The van der Waals surface area contributed by atoms with Gasteiger partial charge in [0.15, 0.2) is 5.16 Å². The summed E-state index contributed by atoms with van der Waals surface area (Å²) in [5.41, 5.74) is 0.677. The molecule has 0 bridgehead atoms. The fraction of sp³-hybridized carbons (Fsp3) is 0.429. The molecule has 1 N–H and O–H groups in total. The Bertz CT molecular complexity index is 229. The zero-order valence-electron chi connectivity index (χ0n) is 6.32. The van der Waals surface area contributed by atoms with Crippen molar-refractivity contribution in [3.63, 3.8) is 0 Å². The number of aliphatic hydroxyl groups is 1. The van der Waals surface area contributed by atoms with Gasteiger partial charge in [-0.15, -0.1) is 0 Å². The highest BCUT2D eigenvalue weighted by Gasteiger charge is 1.96. The highest BCUT2D eigenvalue weighted by atomic mass is 32.2. The largest absolute Gasteiger partial charge is 0.390 e. The van der Waals surface area contributed by atoms with Crippen molar-refractivity contribution in [1.82, 2.24) is 9.97 Å². The van der Waals surface area contributed by atoms with Crippen LogP contribution in [0.2, 0.25) is 0 Å². The van der Waals surface area contributed by atoms with Crippen LogP contribution in [0, 0.1) is 0 Å². The number of aliphatic hydroxyl groups excluding tert-OH is 1. The quantitative estimate of drug-likeness (QED) is 0.544. The Labute approximate surface area is 69.9 Å². The Hall–Kier alpha value is -0.610. The maximum Gasteiger partial charge on any atom is 0.187 e. The first-order valence-corrected chi connectivity index (χ1v) is 4.41. The summed E-state index contributed by atoms with van der Waals surface area (Å²) in [6, 6.07) is 1.71. The first kappa shape index (κ1) is 8.49. The van der Waals surface area contributed by atoms with Gasteiger partial charge in [0.25, 0.3) is 0 Å². The molecule has 60 valence electrons. The topological polar surface area (TPSA) is 46.0 Å². The molecule has 0 aliphatic rings. The van der Waals surface area contributed by atoms with Gasteiger partial charge in [0.1, 0.15) is 0 Å². The molecule has 4 heteroatoms. The third kappa shape index (κ3) is 2.48. The second-order valence-corrected chi connectivity index (χ2v) is 3.15. The Morgan fingerprint density at radius 1 is 1.64 bits per heavy atom. The van der Waals surface area contributed by atoms with Crippen LogP contribution in [-0.4, -0.2) is 20.8 Å². The summed E-state index contributed by atoms with van der Waals surface area (Å²) in [7, 11) is 0. The molecule has 0 unspecified atom stereocenters. The predicted molar refractivity (Wildman–Crippen MR) is 44.4 cm³/mol. The molecule has 0 saturated heterocycles. The number of thioether (sulfide) groups is 1. The minimum Gasteiger partial charge on any atom is -0.390 e. The minimum absolute atomic E-state index is 0.0141. The SMILES string of the molecule is CCSc1nccc(CO)n1. The molecular formula is C7H10N2OS. The predicted octanol–water partition coefficient (Wildman–Crippen LogP) is 1.08. The summed E-state index contributed by atoms with van der Waals surface area (Å²) in [5, 5.41) is 9.47. The molecule has 3 nitrogen and oxygen atoms in total. The van der Waals surface area contributed by atoms with E-state index in [9.17, 15) is 0 Å². The maximum absolute atomic E-state index is 8.73. The monoisotopic (exact) mass is 170 g/mol. The van der Waals surface area contributed by atoms with Crippen molar-refractivity contribution in [2.45, 2.75) is 18.7 Å². The lowest BCUT2D eigenvalue weighted by atomic mass is 10.4. The van der Waals surface area contributed by atoms with E-state index in [1.165, 1.54) is 0 Å². The van der Waals surface area contributed by atoms with E-state index in [4.69, 9.17) is 5.11 Å². The summed E-state index contributed by atoms with van der Waals surface area (Å²) in [6.07, 6.45) is 1.66. The molecule has 1 rings (SSSR count). The molecule has 0 aromatic carbocycles. The first-order chi connectivity index (χ1) is 5.36. The smallest absolute Gasteiger partial charge is 0.187 e. The third-order valence-corrected chi connectivity index (χ3v) is 1.87. The molecule has 0 aliphatic carbocycles. The van der Waals surface area contributed by atoms with E-state index in [0.717, 1.165) is 10.9 Å². The molecule has 0 atom stereocenters. The number of nitrogens with zero attached hydrogens (tertiary/aromatic N) is 2. The third-order valence-electron chi connectivity index (χ3n) is 1.13. The van der Waals surface area contributed by atoms with Gasteiger partial charge in [0, 0.05) is 6.20 Å². The molecule has 11 heavy (non-hydrogen) atoms. The molecule has 1 heterocycles. The molecule has 0 aliphatic heterocycles. The number of aromatic nitrogens is 2. The van der Waals surface area contributed by atoms with Crippen molar-refractivity contribution in [2.24, 2.45) is 0 Å². The zero-order chi connectivity index (χ0) is 8.10. The minimum atomic E-state index is -0.0141. The number of rotatable bonds is 3. The molecule has 0 spiro atoms. The fourth-order valence-corrected chi connectivity index (χ4v) is 1.24. The number of hydrogen-bond donors (Lipinski definition) is 1. The summed E-state index contributed by atoms with van der Waals surface area (Å²) in [4.78, 5) is 8.10. The van der Waals surface area contributed by atoms with Gasteiger partial charge >= 0.3 is 0 Å². The lowest BCUT2D eigenvalue weighted by molar-refractivity contribution is 0.275. The summed E-state index contributed by atoms with van der Waals surface area (Å²) in [6.45, 7) is 2.03. The summed E-state index contributed by atoms with van der Waals surface area (Å²) < 4.78 is 0. The Morgan fingerprint density at radius 2 is 2.45 bits per heavy atom. The van der Waals surface area contributed by atoms with Crippen molar-refractivity contribution in [3.05, 3.63) is 18.0 Å². The Morgan fingerprint density at radius 3 is 3.09 bits per heavy atom. The van der Waals surface area contributed by atoms with Crippen LogP contribution in [0.25, 0.3) is 0 Å². The van der Waals surface area contributed by atoms with Gasteiger partial charge in [-0.1, -0.05) is 18.7 Å². The van der Waals surface area contributed by atoms with Crippen LogP contribution < -0.4 is 0 Å². The van der Waals surface area contributed by atoms with E-state index >= 15 is 0 Å². The van der Waals surface area contributed by atoms with Crippen LogP contribution in [-0.2, 0) is 6.61 Å². The van der Waals surface area contributed by atoms with Crippen LogP contribution in [0.4, 0.5) is 0 Å². The second kappa shape index (κ2) is 4.31. The number of hydrogen-bond acceptors (Lipinski definition) is 4. The normalized spacial score (nSPS) is 10.0. The van der Waals surface area contributed by atoms with Gasteiger partial charge in [0.05, 0.1) is 12.3 Å². The molecule has 0 saturated carbocycles. The lowest BCUT2D eigenvalue weighted by Gasteiger charge is -1.97. The molecule has 1 aromatic heterocycles. The van der Waals surface area contributed by atoms with E-state index in [1.807, 2.05) is 6.92 Å². The van der Waals surface area contributed by atoms with Crippen molar-refractivity contribution in [3.8, 4) is 0 Å². The highest BCUT2D eigenvalue weighted by Crippen LogP contribution is 2.10. The van der Waals surface area contributed by atoms with E-state index in [-0.39, 0.29) is 6.61 Å². The van der Waals surface area contributed by atoms with E-state index in [0.29, 0.717) is 5.69 Å². The van der Waals surface area contributed by atoms with Crippen LogP contribution in [0.5, 0.6) is 0 Å². The average Bonchev–Trinajstić information content (AvgIpc) is 2.06. The van der Waals surface area contributed by atoms with Gasteiger partial charge in [-0.05, 0) is 11.8 Å². The molecule has 0 radical (unpaired) electrons. The van der Waals surface area contributed by atoms with E-state index in [1.54, 1.807) is 24.0 Å². The molecule has 1 aromatic rings. The van der Waals surface area contributed by atoms with Crippen molar-refractivity contribution in [2.75, 3.05) is 5.75 Å². The molecular weight excluding hydrogens is 160 g/mol. The van der Waals surface area contributed by atoms with Crippen molar-refractivity contribution in [1.29, 1.82) is 0 Å². The Balaban J connectivity index is 2.74. The second-order valence-electron chi connectivity index (χ2n) is 1.92. The lowest BCUT2D eigenvalue weighted by Crippen LogP contribution is -1.92. The van der Waals surface area contributed by atoms with Crippen LogP contribution in [0.3, 0.4) is 0 Å². The summed E-state index contributed by atoms with van der Waals surface area (Å²) >= 11 is 1.57. The Kier molecular flexibility index (Phi) is 3.32. The van der Waals surface area contributed by atoms with Gasteiger partial charge < -0.3 is 5.11 Å². The van der Waals surface area contributed by atoms with E-state index in [2.05, 4.69) is 9.97 Å². The van der Waals surface area contributed by atoms with Gasteiger partial charge in [-0.3, -0.25) is 0 Å². The van der Waals surface area contributed by atoms with Crippen LogP contribution >= 0.6 is 11.8 Å².